The Hall–Kier alpha value is -3.03. The van der Waals surface area contributed by atoms with Crippen molar-refractivity contribution in [2.45, 2.75) is 33.7 Å². The minimum absolute atomic E-state index is 0.0630. The van der Waals surface area contributed by atoms with E-state index in [-0.39, 0.29) is 28.9 Å². The van der Waals surface area contributed by atoms with Crippen LogP contribution in [0, 0.1) is 18.6 Å². The molecule has 1 aromatic carbocycles. The van der Waals surface area contributed by atoms with Crippen LogP contribution in [0.15, 0.2) is 30.6 Å². The van der Waals surface area contributed by atoms with Crippen LogP contribution in [0.2, 0.25) is 0 Å². The van der Waals surface area contributed by atoms with Gasteiger partial charge >= 0.3 is 0 Å². The van der Waals surface area contributed by atoms with Gasteiger partial charge in [-0.3, -0.25) is 14.6 Å². The molecule has 2 aromatic rings. The lowest BCUT2D eigenvalue weighted by atomic mass is 10.1. The van der Waals surface area contributed by atoms with Crippen molar-refractivity contribution in [2.24, 2.45) is 0 Å². The molecule has 1 fully saturated rings. The summed E-state index contributed by atoms with van der Waals surface area (Å²) in [5.74, 6) is -2.06. The molecule has 8 heteroatoms. The summed E-state index contributed by atoms with van der Waals surface area (Å²) < 4.78 is 28.3. The van der Waals surface area contributed by atoms with Gasteiger partial charge in [-0.25, -0.2) is 8.78 Å². The molecule has 1 aliphatic rings. The SMILES string of the molecule is CC.CC(=O)N1CC(NC(=O)c2c(F)cncc2Nc2ccc(C)cc2F)C1. The summed E-state index contributed by atoms with van der Waals surface area (Å²) in [6.07, 6.45) is 2.19. The van der Waals surface area contributed by atoms with E-state index in [2.05, 4.69) is 15.6 Å². The predicted molar refractivity (Wildman–Crippen MR) is 103 cm³/mol. The molecule has 2 amide bonds. The van der Waals surface area contributed by atoms with Gasteiger partial charge in [-0.1, -0.05) is 19.9 Å². The molecule has 28 heavy (non-hydrogen) atoms. The standard InChI is InChI=1S/C18H18F2N4O2.C2H6/c1-10-3-4-15(13(19)5-10)23-16-7-21-6-14(20)17(16)18(26)22-12-8-24(9-12)11(2)25;1-2/h3-7,12,23H,8-9H2,1-2H3,(H,22,26);1-2H3. The topological polar surface area (TPSA) is 74.3 Å². The van der Waals surface area contributed by atoms with Gasteiger partial charge in [0.1, 0.15) is 11.4 Å². The summed E-state index contributed by atoms with van der Waals surface area (Å²) in [5, 5.41) is 5.40. The van der Waals surface area contributed by atoms with E-state index in [0.29, 0.717) is 13.1 Å². The highest BCUT2D eigenvalue weighted by molar-refractivity contribution is 6.00. The smallest absolute Gasteiger partial charge is 0.256 e. The Balaban J connectivity index is 0.00000136. The number of benzene rings is 1. The van der Waals surface area contributed by atoms with Crippen LogP contribution in [0.1, 0.15) is 36.7 Å². The van der Waals surface area contributed by atoms with Gasteiger partial charge in [-0.15, -0.1) is 0 Å². The predicted octanol–water partition coefficient (Wildman–Crippen LogP) is 3.40. The zero-order chi connectivity index (χ0) is 20.8. The van der Waals surface area contributed by atoms with Crippen LogP contribution in [-0.2, 0) is 4.79 Å². The largest absolute Gasteiger partial charge is 0.351 e. The van der Waals surface area contributed by atoms with Crippen molar-refractivity contribution in [1.29, 1.82) is 0 Å². The zero-order valence-corrected chi connectivity index (χ0v) is 16.3. The number of aryl methyl sites for hydroxylation is 1. The lowest BCUT2D eigenvalue weighted by molar-refractivity contribution is -0.133. The van der Waals surface area contributed by atoms with Crippen molar-refractivity contribution in [3.8, 4) is 0 Å². The number of nitrogens with zero attached hydrogens (tertiary/aromatic N) is 2. The number of hydrogen-bond donors (Lipinski definition) is 2. The molecule has 0 bridgehead atoms. The number of pyridine rings is 1. The number of aromatic nitrogens is 1. The Labute approximate surface area is 163 Å². The summed E-state index contributed by atoms with van der Waals surface area (Å²) in [6.45, 7) is 7.95. The molecule has 150 valence electrons. The van der Waals surface area contributed by atoms with Crippen LogP contribution in [0.25, 0.3) is 0 Å². The third-order valence-corrected chi connectivity index (χ3v) is 4.18. The maximum absolute atomic E-state index is 14.2. The van der Waals surface area contributed by atoms with Gasteiger partial charge in [0.25, 0.3) is 5.91 Å². The summed E-state index contributed by atoms with van der Waals surface area (Å²) in [5.41, 5.74) is 0.668. The molecule has 0 spiro atoms. The Morgan fingerprint density at radius 1 is 1.11 bits per heavy atom. The first-order valence-electron chi connectivity index (χ1n) is 9.08. The minimum Gasteiger partial charge on any atom is -0.351 e. The molecule has 2 heterocycles. The first-order valence-corrected chi connectivity index (χ1v) is 9.08. The summed E-state index contributed by atoms with van der Waals surface area (Å²) in [7, 11) is 0. The molecule has 6 nitrogen and oxygen atoms in total. The average molecular weight is 390 g/mol. The van der Waals surface area contributed by atoms with E-state index in [1.807, 2.05) is 13.8 Å². The zero-order valence-electron chi connectivity index (χ0n) is 16.3. The first-order chi connectivity index (χ1) is 13.3. The third-order valence-electron chi connectivity index (χ3n) is 4.18. The van der Waals surface area contributed by atoms with Crippen LogP contribution < -0.4 is 10.6 Å². The second kappa shape index (κ2) is 9.25. The Morgan fingerprint density at radius 3 is 2.39 bits per heavy atom. The van der Waals surface area contributed by atoms with Crippen molar-refractivity contribution in [1.82, 2.24) is 15.2 Å². The van der Waals surface area contributed by atoms with E-state index in [4.69, 9.17) is 0 Å². The van der Waals surface area contributed by atoms with Crippen LogP contribution in [0.4, 0.5) is 20.2 Å². The number of likely N-dealkylation sites (tertiary alicyclic amines) is 1. The molecule has 0 unspecified atom stereocenters. The highest BCUT2D eigenvalue weighted by Gasteiger charge is 2.31. The van der Waals surface area contributed by atoms with Crippen molar-refractivity contribution in [3.05, 3.63) is 53.4 Å². The van der Waals surface area contributed by atoms with Crippen LogP contribution in [-0.4, -0.2) is 40.8 Å². The summed E-state index contributed by atoms with van der Waals surface area (Å²) in [6, 6.07) is 4.29. The van der Waals surface area contributed by atoms with Gasteiger partial charge in [0.2, 0.25) is 5.91 Å². The normalized spacial score (nSPS) is 13.1. The van der Waals surface area contributed by atoms with Gasteiger partial charge in [-0.05, 0) is 24.6 Å². The monoisotopic (exact) mass is 390 g/mol. The molecule has 2 N–H and O–H groups in total. The van der Waals surface area contributed by atoms with E-state index in [0.717, 1.165) is 11.8 Å². The molecular formula is C20H24F2N4O2. The van der Waals surface area contributed by atoms with Gasteiger partial charge < -0.3 is 15.5 Å². The van der Waals surface area contributed by atoms with E-state index in [1.54, 1.807) is 17.9 Å². The van der Waals surface area contributed by atoms with Crippen molar-refractivity contribution >= 4 is 23.2 Å². The molecule has 0 radical (unpaired) electrons. The fraction of sp³-hybridized carbons (Fsp3) is 0.350. The second-order valence-electron chi connectivity index (χ2n) is 6.25. The van der Waals surface area contributed by atoms with Crippen molar-refractivity contribution in [2.75, 3.05) is 18.4 Å². The van der Waals surface area contributed by atoms with Gasteiger partial charge in [0.05, 0.1) is 29.8 Å². The highest BCUT2D eigenvalue weighted by Crippen LogP contribution is 2.25. The van der Waals surface area contributed by atoms with E-state index in [9.17, 15) is 18.4 Å². The quantitative estimate of drug-likeness (QED) is 0.839. The average Bonchev–Trinajstić information content (AvgIpc) is 2.61. The molecule has 1 saturated heterocycles. The fourth-order valence-corrected chi connectivity index (χ4v) is 2.71. The molecule has 1 aromatic heterocycles. The van der Waals surface area contributed by atoms with E-state index >= 15 is 0 Å². The maximum Gasteiger partial charge on any atom is 0.256 e. The number of hydrogen-bond acceptors (Lipinski definition) is 4. The van der Waals surface area contributed by atoms with Crippen molar-refractivity contribution < 1.29 is 18.4 Å². The summed E-state index contributed by atoms with van der Waals surface area (Å²) in [4.78, 5) is 29.0. The number of amides is 2. The second-order valence-corrected chi connectivity index (χ2v) is 6.25. The Bertz CT molecular complexity index is 867. The lowest BCUT2D eigenvalue weighted by Gasteiger charge is -2.38. The minimum atomic E-state index is -0.817. The lowest BCUT2D eigenvalue weighted by Crippen LogP contribution is -2.60. The number of carbonyl (C=O) groups is 2. The third kappa shape index (κ3) is 4.82. The van der Waals surface area contributed by atoms with Gasteiger partial charge in [0.15, 0.2) is 5.82 Å². The first kappa shape index (κ1) is 21.3. The number of rotatable bonds is 4. The number of carbonyl (C=O) groups excluding carboxylic acids is 2. The Morgan fingerprint density at radius 2 is 1.79 bits per heavy atom. The van der Waals surface area contributed by atoms with E-state index < -0.39 is 17.5 Å². The van der Waals surface area contributed by atoms with Crippen LogP contribution in [0.3, 0.4) is 0 Å². The van der Waals surface area contributed by atoms with Gasteiger partial charge in [0, 0.05) is 20.0 Å². The molecule has 1 aliphatic heterocycles. The number of halogens is 2. The fourth-order valence-electron chi connectivity index (χ4n) is 2.71. The Kier molecular flexibility index (Phi) is 7.03. The number of anilines is 2. The van der Waals surface area contributed by atoms with Crippen molar-refractivity contribution in [3.63, 3.8) is 0 Å². The molecule has 3 rings (SSSR count). The maximum atomic E-state index is 14.2. The highest BCUT2D eigenvalue weighted by atomic mass is 19.1. The molecule has 0 saturated carbocycles. The van der Waals surface area contributed by atoms with Crippen LogP contribution >= 0.6 is 0 Å². The molecule has 0 atom stereocenters. The number of nitrogens with one attached hydrogen (secondary N) is 2. The summed E-state index contributed by atoms with van der Waals surface area (Å²) >= 11 is 0. The van der Waals surface area contributed by atoms with Crippen LogP contribution in [0.5, 0.6) is 0 Å². The molecular weight excluding hydrogens is 366 g/mol. The molecule has 0 aliphatic carbocycles. The van der Waals surface area contributed by atoms with Gasteiger partial charge in [-0.2, -0.15) is 0 Å². The van der Waals surface area contributed by atoms with E-state index in [1.165, 1.54) is 25.3 Å².